The van der Waals surface area contributed by atoms with Gasteiger partial charge in [-0.15, -0.1) is 0 Å². The number of hydrogen-bond donors (Lipinski definition) is 2. The summed E-state index contributed by atoms with van der Waals surface area (Å²) in [5.41, 5.74) is 4.31. The molecule has 2 amide bonds. The number of carbonyl (C=O) groups excluding carboxylic acids is 2. The molecule has 0 bridgehead atoms. The number of nitrogens with one attached hydrogen (secondary N) is 2. The molecule has 1 aromatic carbocycles. The van der Waals surface area contributed by atoms with Crippen molar-refractivity contribution in [1.29, 1.82) is 0 Å². The molecule has 8 nitrogen and oxygen atoms in total. The molecule has 0 saturated heterocycles. The van der Waals surface area contributed by atoms with E-state index in [-0.39, 0.29) is 17.9 Å². The standard InChI is InChI=1S/C24H25ClN6O2/c1-13-6-5-7-20(28-13)14(2)29-22(32)15(3)31-12-17-9-8-16(10-18(17)23(31)33)21-19(25)11-27-24(26-4)30-21/h5-11,14-15H,12H2,1-4H3,(H,29,32)(H,26,27,30). The van der Waals surface area contributed by atoms with Crippen LogP contribution >= 0.6 is 11.6 Å². The Kier molecular flexibility index (Phi) is 6.29. The first-order chi connectivity index (χ1) is 15.8. The van der Waals surface area contributed by atoms with E-state index in [0.29, 0.717) is 34.3 Å². The van der Waals surface area contributed by atoms with Crippen LogP contribution in [0.2, 0.25) is 5.02 Å². The second-order valence-corrected chi connectivity index (χ2v) is 8.46. The Balaban J connectivity index is 1.52. The minimum absolute atomic E-state index is 0.199. The lowest BCUT2D eigenvalue weighted by Gasteiger charge is -2.25. The Morgan fingerprint density at radius 1 is 1.18 bits per heavy atom. The number of pyridine rings is 1. The number of benzene rings is 1. The topological polar surface area (TPSA) is 100 Å². The zero-order chi connectivity index (χ0) is 23.7. The monoisotopic (exact) mass is 464 g/mol. The molecular weight excluding hydrogens is 440 g/mol. The lowest BCUT2D eigenvalue weighted by molar-refractivity contribution is -0.125. The second-order valence-electron chi connectivity index (χ2n) is 8.06. The van der Waals surface area contributed by atoms with Crippen molar-refractivity contribution >= 4 is 29.4 Å². The van der Waals surface area contributed by atoms with Crippen LogP contribution < -0.4 is 10.6 Å². The Labute approximate surface area is 197 Å². The third-order valence-electron chi connectivity index (χ3n) is 5.74. The van der Waals surface area contributed by atoms with Gasteiger partial charge in [0, 0.05) is 30.4 Å². The predicted molar refractivity (Wildman–Crippen MR) is 127 cm³/mol. The highest BCUT2D eigenvalue weighted by Gasteiger charge is 2.34. The van der Waals surface area contributed by atoms with Gasteiger partial charge in [-0.25, -0.2) is 9.97 Å². The molecule has 170 valence electrons. The number of halogens is 1. The molecule has 0 aliphatic carbocycles. The molecule has 2 unspecified atom stereocenters. The van der Waals surface area contributed by atoms with E-state index < -0.39 is 6.04 Å². The molecule has 2 aromatic heterocycles. The van der Waals surface area contributed by atoms with Crippen LogP contribution in [0.25, 0.3) is 11.3 Å². The van der Waals surface area contributed by atoms with Crippen molar-refractivity contribution in [3.05, 3.63) is 70.1 Å². The largest absolute Gasteiger partial charge is 0.357 e. The van der Waals surface area contributed by atoms with Crippen molar-refractivity contribution in [2.75, 3.05) is 12.4 Å². The smallest absolute Gasteiger partial charge is 0.255 e. The summed E-state index contributed by atoms with van der Waals surface area (Å²) in [7, 11) is 1.72. The quantitative estimate of drug-likeness (QED) is 0.576. The molecule has 0 radical (unpaired) electrons. The number of carbonyl (C=O) groups is 2. The van der Waals surface area contributed by atoms with Crippen LogP contribution in [0.15, 0.2) is 42.6 Å². The molecule has 3 heterocycles. The van der Waals surface area contributed by atoms with Gasteiger partial charge in [-0.1, -0.05) is 29.8 Å². The Morgan fingerprint density at radius 3 is 2.70 bits per heavy atom. The summed E-state index contributed by atoms with van der Waals surface area (Å²) in [5.74, 6) is 0.00455. The Bertz CT molecular complexity index is 1230. The lowest BCUT2D eigenvalue weighted by Crippen LogP contribution is -2.46. The van der Waals surface area contributed by atoms with Gasteiger partial charge in [0.2, 0.25) is 11.9 Å². The molecule has 0 fully saturated rings. The van der Waals surface area contributed by atoms with Crippen LogP contribution in [0.1, 0.15) is 47.2 Å². The van der Waals surface area contributed by atoms with Crippen LogP contribution in [0.5, 0.6) is 0 Å². The molecule has 2 N–H and O–H groups in total. The highest BCUT2D eigenvalue weighted by atomic mass is 35.5. The number of rotatable bonds is 6. The van der Waals surface area contributed by atoms with Gasteiger partial charge in [0.15, 0.2) is 0 Å². The number of amides is 2. The fourth-order valence-corrected chi connectivity index (χ4v) is 4.03. The van der Waals surface area contributed by atoms with Crippen molar-refractivity contribution in [2.24, 2.45) is 0 Å². The van der Waals surface area contributed by atoms with E-state index in [1.54, 1.807) is 24.9 Å². The van der Waals surface area contributed by atoms with E-state index in [0.717, 1.165) is 17.0 Å². The van der Waals surface area contributed by atoms with E-state index in [1.165, 1.54) is 6.20 Å². The van der Waals surface area contributed by atoms with Crippen molar-refractivity contribution in [2.45, 2.75) is 39.4 Å². The van der Waals surface area contributed by atoms with Crippen LogP contribution in [-0.4, -0.2) is 44.8 Å². The van der Waals surface area contributed by atoms with E-state index in [4.69, 9.17) is 11.6 Å². The molecule has 9 heteroatoms. The van der Waals surface area contributed by atoms with Crippen LogP contribution in [0.3, 0.4) is 0 Å². The number of hydrogen-bond acceptors (Lipinski definition) is 6. The third kappa shape index (κ3) is 4.52. The number of fused-ring (bicyclic) bond motifs is 1. The summed E-state index contributed by atoms with van der Waals surface area (Å²) < 4.78 is 0. The summed E-state index contributed by atoms with van der Waals surface area (Å²) in [4.78, 5) is 40.7. The molecular formula is C24H25ClN6O2. The molecule has 1 aliphatic rings. The fourth-order valence-electron chi connectivity index (χ4n) is 3.83. The molecule has 33 heavy (non-hydrogen) atoms. The molecule has 0 spiro atoms. The van der Waals surface area contributed by atoms with Crippen molar-refractivity contribution < 1.29 is 9.59 Å². The Morgan fingerprint density at radius 2 is 1.97 bits per heavy atom. The number of nitrogens with zero attached hydrogens (tertiary/aromatic N) is 4. The minimum Gasteiger partial charge on any atom is -0.357 e. The van der Waals surface area contributed by atoms with E-state index >= 15 is 0 Å². The van der Waals surface area contributed by atoms with E-state index in [2.05, 4.69) is 25.6 Å². The normalized spacial score (nSPS) is 14.6. The first-order valence-electron chi connectivity index (χ1n) is 10.7. The van der Waals surface area contributed by atoms with E-state index in [9.17, 15) is 9.59 Å². The summed E-state index contributed by atoms with van der Waals surface area (Å²) in [5, 5.41) is 6.24. The molecule has 4 rings (SSSR count). The van der Waals surface area contributed by atoms with E-state index in [1.807, 2.05) is 44.2 Å². The van der Waals surface area contributed by atoms with Crippen molar-refractivity contribution in [1.82, 2.24) is 25.2 Å². The summed E-state index contributed by atoms with van der Waals surface area (Å²) in [6, 6.07) is 10.3. The van der Waals surface area contributed by atoms with Crippen LogP contribution in [-0.2, 0) is 11.3 Å². The van der Waals surface area contributed by atoms with Gasteiger partial charge in [-0.2, -0.15) is 0 Å². The molecule has 3 aromatic rings. The van der Waals surface area contributed by atoms with Gasteiger partial charge in [-0.3, -0.25) is 14.6 Å². The van der Waals surface area contributed by atoms with Gasteiger partial charge in [0.25, 0.3) is 5.91 Å². The lowest BCUT2D eigenvalue weighted by atomic mass is 10.0. The van der Waals surface area contributed by atoms with Gasteiger partial charge in [0.05, 0.1) is 28.6 Å². The minimum atomic E-state index is -0.640. The Hall–Kier alpha value is -3.52. The fraction of sp³-hybridized carbons (Fsp3) is 0.292. The highest BCUT2D eigenvalue weighted by molar-refractivity contribution is 6.33. The zero-order valence-corrected chi connectivity index (χ0v) is 19.6. The van der Waals surface area contributed by atoms with Gasteiger partial charge in [0.1, 0.15) is 6.04 Å². The summed E-state index contributed by atoms with van der Waals surface area (Å²) >= 11 is 6.30. The maximum absolute atomic E-state index is 13.2. The average Bonchev–Trinajstić information content (AvgIpc) is 3.14. The van der Waals surface area contributed by atoms with Gasteiger partial charge in [-0.05, 0) is 44.5 Å². The third-order valence-corrected chi connectivity index (χ3v) is 6.02. The van der Waals surface area contributed by atoms with Gasteiger partial charge < -0.3 is 15.5 Å². The predicted octanol–water partition coefficient (Wildman–Crippen LogP) is 3.76. The van der Waals surface area contributed by atoms with Crippen LogP contribution in [0, 0.1) is 6.92 Å². The first-order valence-corrected chi connectivity index (χ1v) is 11.0. The summed E-state index contributed by atoms with van der Waals surface area (Å²) in [6.07, 6.45) is 1.52. The maximum atomic E-state index is 13.2. The average molecular weight is 465 g/mol. The molecule has 0 saturated carbocycles. The number of aromatic nitrogens is 3. The number of aryl methyl sites for hydroxylation is 1. The summed E-state index contributed by atoms with van der Waals surface area (Å²) in [6.45, 7) is 5.88. The second kappa shape index (κ2) is 9.15. The molecule has 2 atom stereocenters. The number of anilines is 1. The highest BCUT2D eigenvalue weighted by Crippen LogP contribution is 2.32. The van der Waals surface area contributed by atoms with Crippen LogP contribution in [0.4, 0.5) is 5.95 Å². The van der Waals surface area contributed by atoms with Crippen molar-refractivity contribution in [3.63, 3.8) is 0 Å². The SMILES string of the molecule is CNc1ncc(Cl)c(-c2ccc3c(c2)C(=O)N(C(C)C(=O)NC(C)c2cccc(C)n2)C3)n1. The molecule has 1 aliphatic heterocycles. The van der Waals surface area contributed by atoms with Crippen molar-refractivity contribution in [3.8, 4) is 11.3 Å². The first kappa shape index (κ1) is 22.7. The zero-order valence-electron chi connectivity index (χ0n) is 18.9. The van der Waals surface area contributed by atoms with Gasteiger partial charge >= 0.3 is 0 Å². The maximum Gasteiger partial charge on any atom is 0.255 e.